The Kier molecular flexibility index (Phi) is 5.31. The second kappa shape index (κ2) is 6.99. The highest BCUT2D eigenvalue weighted by molar-refractivity contribution is 6.42. The van der Waals surface area contributed by atoms with E-state index in [2.05, 4.69) is 11.2 Å². The number of rotatable bonds is 6. The maximum Gasteiger partial charge on any atom is 0.237 e. The predicted octanol–water partition coefficient (Wildman–Crippen LogP) is 2.71. The molecule has 1 aliphatic carbocycles. The lowest BCUT2D eigenvalue weighted by atomic mass is 10.2. The fourth-order valence-corrected chi connectivity index (χ4v) is 2.31. The summed E-state index contributed by atoms with van der Waals surface area (Å²) < 4.78 is 0. The second-order valence-electron chi connectivity index (χ2n) is 4.81. The molecule has 0 aliphatic heterocycles. The third-order valence-electron chi connectivity index (χ3n) is 3.15. The van der Waals surface area contributed by atoms with Crippen LogP contribution in [0.4, 0.5) is 0 Å². The summed E-state index contributed by atoms with van der Waals surface area (Å²) in [6, 6.07) is 5.79. The minimum Gasteiger partial charge on any atom is -0.334 e. The number of nitrogens with zero attached hydrogens (tertiary/aromatic N) is 1. The van der Waals surface area contributed by atoms with Gasteiger partial charge in [0.1, 0.15) is 0 Å². The Morgan fingerprint density at radius 3 is 2.75 bits per heavy atom. The highest BCUT2D eigenvalue weighted by Gasteiger charge is 2.32. The largest absolute Gasteiger partial charge is 0.334 e. The third-order valence-corrected chi connectivity index (χ3v) is 3.89. The van der Waals surface area contributed by atoms with Crippen molar-refractivity contribution in [1.29, 1.82) is 0 Å². The van der Waals surface area contributed by atoms with Crippen LogP contribution in [0.25, 0.3) is 0 Å². The third kappa shape index (κ3) is 4.14. The molecule has 0 heterocycles. The number of carbonyl (C=O) groups is 1. The summed E-state index contributed by atoms with van der Waals surface area (Å²) in [7, 11) is 0. The Morgan fingerprint density at radius 2 is 2.15 bits per heavy atom. The van der Waals surface area contributed by atoms with Gasteiger partial charge in [0.05, 0.1) is 23.1 Å². The first-order chi connectivity index (χ1) is 9.61. The zero-order valence-corrected chi connectivity index (χ0v) is 12.5. The van der Waals surface area contributed by atoms with Gasteiger partial charge in [0, 0.05) is 12.6 Å². The van der Waals surface area contributed by atoms with Crippen molar-refractivity contribution in [2.75, 3.05) is 13.1 Å². The smallest absolute Gasteiger partial charge is 0.237 e. The molecule has 20 heavy (non-hydrogen) atoms. The van der Waals surface area contributed by atoms with Crippen LogP contribution in [-0.4, -0.2) is 29.9 Å². The van der Waals surface area contributed by atoms with E-state index < -0.39 is 0 Å². The van der Waals surface area contributed by atoms with E-state index in [0.29, 0.717) is 29.2 Å². The quantitative estimate of drug-likeness (QED) is 0.647. The van der Waals surface area contributed by atoms with Gasteiger partial charge in [0.25, 0.3) is 0 Å². The minimum absolute atomic E-state index is 0.0637. The minimum atomic E-state index is 0.0637. The highest BCUT2D eigenvalue weighted by Crippen LogP contribution is 2.30. The average molecular weight is 311 g/mol. The number of terminal acetylenes is 1. The molecule has 1 aromatic rings. The van der Waals surface area contributed by atoms with Gasteiger partial charge in [0.15, 0.2) is 0 Å². The molecule has 2 rings (SSSR count). The number of hydrogen-bond acceptors (Lipinski definition) is 2. The van der Waals surface area contributed by atoms with Crippen molar-refractivity contribution in [3.05, 3.63) is 33.8 Å². The Balaban J connectivity index is 2.00. The van der Waals surface area contributed by atoms with Crippen LogP contribution < -0.4 is 5.32 Å². The van der Waals surface area contributed by atoms with E-state index in [9.17, 15) is 4.79 Å². The molecule has 1 N–H and O–H groups in total. The van der Waals surface area contributed by atoms with Gasteiger partial charge in [-0.25, -0.2) is 0 Å². The molecule has 0 spiro atoms. The van der Waals surface area contributed by atoms with Crippen LogP contribution in [0, 0.1) is 12.3 Å². The number of hydrogen-bond donors (Lipinski definition) is 1. The van der Waals surface area contributed by atoms with Gasteiger partial charge < -0.3 is 4.90 Å². The molecule has 0 atom stereocenters. The SMILES string of the molecule is C#CCNCC(=O)N(Cc1ccc(Cl)c(Cl)c1)C1CC1. The number of carbonyl (C=O) groups excluding carboxylic acids is 1. The zero-order valence-electron chi connectivity index (χ0n) is 11.0. The van der Waals surface area contributed by atoms with Crippen LogP contribution >= 0.6 is 23.2 Å². The number of halogens is 2. The molecule has 0 radical (unpaired) electrons. The van der Waals surface area contributed by atoms with Gasteiger partial charge in [-0.15, -0.1) is 6.42 Å². The van der Waals surface area contributed by atoms with Crippen LogP contribution in [0.3, 0.4) is 0 Å². The molecule has 1 aliphatic rings. The van der Waals surface area contributed by atoms with Crippen LogP contribution in [-0.2, 0) is 11.3 Å². The molecule has 0 bridgehead atoms. The van der Waals surface area contributed by atoms with E-state index in [1.54, 1.807) is 12.1 Å². The van der Waals surface area contributed by atoms with E-state index in [4.69, 9.17) is 29.6 Å². The van der Waals surface area contributed by atoms with E-state index in [0.717, 1.165) is 18.4 Å². The molecule has 1 fully saturated rings. The standard InChI is InChI=1S/C15H16Cl2N2O/c1-2-7-18-9-15(20)19(12-4-5-12)10-11-3-6-13(16)14(17)8-11/h1,3,6,8,12,18H,4-5,7,9-10H2. The monoisotopic (exact) mass is 310 g/mol. The first-order valence-corrected chi connectivity index (χ1v) is 7.25. The van der Waals surface area contributed by atoms with Crippen LogP contribution in [0.1, 0.15) is 18.4 Å². The van der Waals surface area contributed by atoms with Crippen molar-refractivity contribution in [2.24, 2.45) is 0 Å². The molecule has 0 unspecified atom stereocenters. The van der Waals surface area contributed by atoms with Crippen molar-refractivity contribution < 1.29 is 4.79 Å². The van der Waals surface area contributed by atoms with Crippen LogP contribution in [0.15, 0.2) is 18.2 Å². The maximum atomic E-state index is 12.2. The van der Waals surface area contributed by atoms with Gasteiger partial charge in [0.2, 0.25) is 5.91 Å². The van der Waals surface area contributed by atoms with Crippen molar-refractivity contribution in [2.45, 2.75) is 25.4 Å². The summed E-state index contributed by atoms with van der Waals surface area (Å²) in [5.41, 5.74) is 0.983. The van der Waals surface area contributed by atoms with Gasteiger partial charge in [-0.2, -0.15) is 0 Å². The summed E-state index contributed by atoms with van der Waals surface area (Å²) in [4.78, 5) is 14.1. The molecule has 1 aromatic carbocycles. The lowest BCUT2D eigenvalue weighted by Crippen LogP contribution is -2.39. The van der Waals surface area contributed by atoms with Crippen molar-refractivity contribution in [3.8, 4) is 12.3 Å². The number of amides is 1. The number of benzene rings is 1. The molecule has 0 aromatic heterocycles. The van der Waals surface area contributed by atoms with Crippen LogP contribution in [0.2, 0.25) is 10.0 Å². The average Bonchev–Trinajstić information content (AvgIpc) is 3.24. The Hall–Kier alpha value is -1.21. The molecular weight excluding hydrogens is 295 g/mol. The Labute approximate surface area is 129 Å². The summed E-state index contributed by atoms with van der Waals surface area (Å²) in [5.74, 6) is 2.52. The fourth-order valence-electron chi connectivity index (χ4n) is 1.98. The van der Waals surface area contributed by atoms with Gasteiger partial charge in [-0.3, -0.25) is 10.1 Å². The van der Waals surface area contributed by atoms with Crippen molar-refractivity contribution in [3.63, 3.8) is 0 Å². The van der Waals surface area contributed by atoms with Gasteiger partial charge in [-0.1, -0.05) is 35.2 Å². The molecule has 3 nitrogen and oxygen atoms in total. The summed E-state index contributed by atoms with van der Waals surface area (Å²) in [6.07, 6.45) is 7.27. The molecule has 106 valence electrons. The van der Waals surface area contributed by atoms with E-state index >= 15 is 0 Å². The molecular formula is C15H16Cl2N2O. The van der Waals surface area contributed by atoms with Crippen LogP contribution in [0.5, 0.6) is 0 Å². The summed E-state index contributed by atoms with van der Waals surface area (Å²) in [5, 5.41) is 3.97. The Morgan fingerprint density at radius 1 is 1.40 bits per heavy atom. The molecule has 5 heteroatoms. The van der Waals surface area contributed by atoms with E-state index in [-0.39, 0.29) is 12.5 Å². The lowest BCUT2D eigenvalue weighted by Gasteiger charge is -2.23. The maximum absolute atomic E-state index is 12.2. The summed E-state index contributed by atoms with van der Waals surface area (Å²) in [6.45, 7) is 1.22. The Bertz CT molecular complexity index is 535. The molecule has 1 saturated carbocycles. The van der Waals surface area contributed by atoms with Gasteiger partial charge >= 0.3 is 0 Å². The molecule has 0 saturated heterocycles. The predicted molar refractivity (Wildman–Crippen MR) is 81.7 cm³/mol. The zero-order chi connectivity index (χ0) is 14.5. The van der Waals surface area contributed by atoms with E-state index in [1.165, 1.54) is 0 Å². The lowest BCUT2D eigenvalue weighted by molar-refractivity contribution is -0.131. The number of nitrogens with one attached hydrogen (secondary N) is 1. The van der Waals surface area contributed by atoms with Gasteiger partial charge in [-0.05, 0) is 30.5 Å². The topological polar surface area (TPSA) is 32.3 Å². The fraction of sp³-hybridized carbons (Fsp3) is 0.400. The van der Waals surface area contributed by atoms with Crippen molar-refractivity contribution in [1.82, 2.24) is 10.2 Å². The second-order valence-corrected chi connectivity index (χ2v) is 5.62. The van der Waals surface area contributed by atoms with E-state index in [1.807, 2.05) is 11.0 Å². The molecule has 1 amide bonds. The highest BCUT2D eigenvalue weighted by atomic mass is 35.5. The first-order valence-electron chi connectivity index (χ1n) is 6.49. The first kappa shape index (κ1) is 15.2. The van der Waals surface area contributed by atoms with Crippen molar-refractivity contribution >= 4 is 29.1 Å². The normalized spacial score (nSPS) is 13.8. The summed E-state index contributed by atoms with van der Waals surface area (Å²) >= 11 is 11.9.